The lowest BCUT2D eigenvalue weighted by atomic mass is 9.78. The van der Waals surface area contributed by atoms with Crippen molar-refractivity contribution >= 4 is 36.8 Å². The van der Waals surface area contributed by atoms with Crippen molar-refractivity contribution in [3.8, 4) is 28.6 Å². The van der Waals surface area contributed by atoms with Gasteiger partial charge in [-0.15, -0.1) is 0 Å². The number of hydrogen-bond donors (Lipinski definition) is 3. The molecule has 0 saturated carbocycles. The highest BCUT2D eigenvalue weighted by molar-refractivity contribution is 5.78. The number of aliphatic carboxylic acids is 1. The van der Waals surface area contributed by atoms with Gasteiger partial charge in [0, 0.05) is 84.7 Å². The van der Waals surface area contributed by atoms with Gasteiger partial charge in [0.05, 0.1) is 57.4 Å². The molecule has 6 rings (SSSR count). The Hall–Kier alpha value is -7.07. The fraction of sp³-hybridized carbons (Fsp3) is 0.340. The van der Waals surface area contributed by atoms with Gasteiger partial charge in [-0.25, -0.2) is 14.8 Å². The Labute approximate surface area is 396 Å². The maximum atomic E-state index is 14.6. The van der Waals surface area contributed by atoms with Crippen molar-refractivity contribution in [1.82, 2.24) is 24.2 Å². The van der Waals surface area contributed by atoms with E-state index in [0.717, 1.165) is 16.7 Å². The molecule has 0 bridgehead atoms. The zero-order chi connectivity index (χ0) is 48.8. The Kier molecular flexibility index (Phi) is 17.5. The molecule has 15 nitrogen and oxygen atoms in total. The predicted octanol–water partition coefficient (Wildman–Crippen LogP) is 6.27. The molecule has 2 amide bonds. The van der Waals surface area contributed by atoms with Crippen LogP contribution in [0.1, 0.15) is 60.3 Å². The van der Waals surface area contributed by atoms with Gasteiger partial charge in [0.25, 0.3) is 0 Å². The molecule has 0 fully saturated rings. The first-order valence-corrected chi connectivity index (χ1v) is 22.6. The Balaban J connectivity index is 1.26. The van der Waals surface area contributed by atoms with Gasteiger partial charge in [0.2, 0.25) is 11.8 Å². The molecule has 4 aromatic carbocycles. The van der Waals surface area contributed by atoms with Crippen molar-refractivity contribution in [3.05, 3.63) is 141 Å². The summed E-state index contributed by atoms with van der Waals surface area (Å²) in [6, 6.07) is 29.5. The molecular formula is C53H61N5O10. The lowest BCUT2D eigenvalue weighted by Crippen LogP contribution is -2.43. The zero-order valence-corrected chi connectivity index (χ0v) is 39.3. The van der Waals surface area contributed by atoms with Crippen LogP contribution in [0, 0.1) is 6.92 Å². The van der Waals surface area contributed by atoms with Crippen LogP contribution in [0.25, 0.3) is 30.1 Å². The average Bonchev–Trinajstić information content (AvgIpc) is 3.66. The summed E-state index contributed by atoms with van der Waals surface area (Å²) in [7, 11) is 1.64. The lowest BCUT2D eigenvalue weighted by molar-refractivity contribution is -0.138. The number of carbonyl (C=O) groups is 3. The van der Waals surface area contributed by atoms with E-state index in [-0.39, 0.29) is 106 Å². The Bertz CT molecular complexity index is 2770. The molecule has 0 aliphatic carbocycles. The first kappa shape index (κ1) is 50.3. The standard InChI is InChI=1S/C53H61N5O10/c1-36-37(2)49(63)47(38(3)48(36)62)53(4,5)34-45(59)56(6)23-24-57(25-27-66-29-31-67-30-28-65-26-22-46(60)61)52(64)68-51-43(33-40-18-12-8-13-19-40)55-50-42(32-39-16-10-7-11-17-39)54-44(35-58(50)51)41-20-14-9-15-21-41/h7-21,35,62-63H,2-3,22-34H2,1,4-6H3,(H,60,61). The van der Waals surface area contributed by atoms with Gasteiger partial charge in [-0.2, -0.15) is 0 Å². The second kappa shape index (κ2) is 23.6. The molecular weight excluding hydrogens is 867 g/mol. The number of aromatic nitrogens is 3. The van der Waals surface area contributed by atoms with Gasteiger partial charge in [0.15, 0.2) is 5.65 Å². The van der Waals surface area contributed by atoms with Crippen molar-refractivity contribution in [2.45, 2.75) is 51.9 Å². The SMILES string of the molecule is C=c1c(C)c(O)c(=C)c(C(C)(C)CC(=O)N(C)CCN(CCOCCOCCOCCC(=O)O)C(=O)Oc2c(Cc3ccccc3)nc3c(Cc4ccccc4)nc(-c4ccccc4)cn23)c1O. The van der Waals surface area contributed by atoms with Crippen LogP contribution in [0.5, 0.6) is 17.4 Å². The maximum Gasteiger partial charge on any atom is 0.416 e. The third kappa shape index (κ3) is 13.1. The van der Waals surface area contributed by atoms with Crippen LogP contribution >= 0.6 is 0 Å². The number of nitrogens with zero attached hydrogens (tertiary/aromatic N) is 5. The number of hydrogen-bond acceptors (Lipinski definition) is 11. The summed E-state index contributed by atoms with van der Waals surface area (Å²) >= 11 is 0. The number of benzene rings is 4. The fourth-order valence-electron chi connectivity index (χ4n) is 7.81. The first-order chi connectivity index (χ1) is 32.6. The quantitative estimate of drug-likeness (QED) is 0.0458. The third-order valence-electron chi connectivity index (χ3n) is 11.7. The van der Waals surface area contributed by atoms with E-state index in [4.69, 9.17) is 34.0 Å². The summed E-state index contributed by atoms with van der Waals surface area (Å²) in [5, 5.41) is 31.1. The van der Waals surface area contributed by atoms with E-state index in [0.29, 0.717) is 46.7 Å². The highest BCUT2D eigenvalue weighted by Gasteiger charge is 2.32. The summed E-state index contributed by atoms with van der Waals surface area (Å²) in [4.78, 5) is 52.5. The Morgan fingerprint density at radius 2 is 1.26 bits per heavy atom. The second-order valence-corrected chi connectivity index (χ2v) is 17.2. The molecule has 0 atom stereocenters. The third-order valence-corrected chi connectivity index (χ3v) is 11.7. The van der Waals surface area contributed by atoms with Gasteiger partial charge in [-0.05, 0) is 18.1 Å². The minimum atomic E-state index is -0.950. The second-order valence-electron chi connectivity index (χ2n) is 17.2. The number of aromatic hydroxyl groups is 2. The summed E-state index contributed by atoms with van der Waals surface area (Å²) < 4.78 is 25.0. The molecule has 6 aromatic rings. The van der Waals surface area contributed by atoms with E-state index in [9.17, 15) is 24.6 Å². The first-order valence-electron chi connectivity index (χ1n) is 22.6. The van der Waals surface area contributed by atoms with Crippen LogP contribution in [0.3, 0.4) is 0 Å². The van der Waals surface area contributed by atoms with E-state index in [1.165, 1.54) is 9.80 Å². The van der Waals surface area contributed by atoms with Crippen LogP contribution in [0.2, 0.25) is 0 Å². The van der Waals surface area contributed by atoms with Gasteiger partial charge in [-0.3, -0.25) is 14.0 Å². The minimum Gasteiger partial charge on any atom is -0.507 e. The summed E-state index contributed by atoms with van der Waals surface area (Å²) in [5.74, 6) is -1.18. The molecule has 0 saturated heterocycles. The number of phenolic OH excluding ortho intramolecular Hbond substituents is 2. The minimum absolute atomic E-state index is 0.0482. The predicted molar refractivity (Wildman–Crippen MR) is 259 cm³/mol. The average molecular weight is 928 g/mol. The number of amides is 2. The normalized spacial score (nSPS) is 11.5. The van der Waals surface area contributed by atoms with Crippen LogP contribution in [-0.2, 0) is 42.1 Å². The largest absolute Gasteiger partial charge is 0.507 e. The van der Waals surface area contributed by atoms with Crippen molar-refractivity contribution in [2.75, 3.05) is 66.3 Å². The number of ether oxygens (including phenoxy) is 4. The maximum absolute atomic E-state index is 14.6. The molecule has 68 heavy (non-hydrogen) atoms. The van der Waals surface area contributed by atoms with Crippen LogP contribution < -0.4 is 15.2 Å². The zero-order valence-electron chi connectivity index (χ0n) is 39.3. The molecule has 0 aliphatic heterocycles. The molecule has 3 N–H and O–H groups in total. The van der Waals surface area contributed by atoms with Gasteiger partial charge in [0.1, 0.15) is 17.2 Å². The van der Waals surface area contributed by atoms with E-state index >= 15 is 0 Å². The highest BCUT2D eigenvalue weighted by atomic mass is 16.6. The van der Waals surface area contributed by atoms with Gasteiger partial charge >= 0.3 is 12.1 Å². The van der Waals surface area contributed by atoms with E-state index < -0.39 is 17.5 Å². The smallest absolute Gasteiger partial charge is 0.416 e. The van der Waals surface area contributed by atoms with Crippen LogP contribution in [-0.4, -0.2) is 124 Å². The van der Waals surface area contributed by atoms with Crippen molar-refractivity contribution in [1.29, 1.82) is 0 Å². The van der Waals surface area contributed by atoms with Crippen molar-refractivity contribution in [3.63, 3.8) is 0 Å². The molecule has 0 radical (unpaired) electrons. The number of phenols is 2. The van der Waals surface area contributed by atoms with Gasteiger partial charge < -0.3 is 44.1 Å². The lowest BCUT2D eigenvalue weighted by Gasteiger charge is -2.30. The molecule has 0 aliphatic rings. The van der Waals surface area contributed by atoms with Crippen LogP contribution in [0.4, 0.5) is 4.79 Å². The monoisotopic (exact) mass is 927 g/mol. The van der Waals surface area contributed by atoms with Crippen molar-refractivity contribution < 1.29 is 48.7 Å². The summed E-state index contributed by atoms with van der Waals surface area (Å²) in [6.45, 7) is 14.6. The molecule has 15 heteroatoms. The number of carboxylic acid groups (broad SMARTS) is 1. The Morgan fingerprint density at radius 3 is 1.87 bits per heavy atom. The number of fused-ring (bicyclic) bond motifs is 1. The van der Waals surface area contributed by atoms with Crippen LogP contribution in [0.15, 0.2) is 97.2 Å². The summed E-state index contributed by atoms with van der Waals surface area (Å²) in [5.41, 5.74) is 5.10. The molecule has 358 valence electrons. The van der Waals surface area contributed by atoms with Crippen molar-refractivity contribution in [2.24, 2.45) is 0 Å². The number of likely N-dealkylation sites (N-methyl/N-ethyl adjacent to an activating group) is 1. The molecule has 0 unspecified atom stereocenters. The molecule has 2 heterocycles. The van der Waals surface area contributed by atoms with Gasteiger partial charge in [-0.1, -0.05) is 118 Å². The number of rotatable bonds is 24. The number of carboxylic acids is 1. The number of imidazole rings is 1. The van der Waals surface area contributed by atoms with E-state index in [1.54, 1.807) is 32.2 Å². The molecule has 2 aromatic heterocycles. The summed E-state index contributed by atoms with van der Waals surface area (Å²) in [6.07, 6.45) is 1.84. The Morgan fingerprint density at radius 1 is 0.706 bits per heavy atom. The number of carbonyl (C=O) groups excluding carboxylic acids is 2. The van der Waals surface area contributed by atoms with E-state index in [2.05, 4.69) is 13.2 Å². The fourth-order valence-corrected chi connectivity index (χ4v) is 7.81. The highest BCUT2D eigenvalue weighted by Crippen LogP contribution is 2.33. The van der Waals surface area contributed by atoms with E-state index in [1.807, 2.05) is 97.2 Å². The molecule has 0 spiro atoms. The topological polar surface area (TPSA) is 185 Å².